The predicted octanol–water partition coefficient (Wildman–Crippen LogP) is 1.65. The molecule has 5 heteroatoms. The molecule has 0 unspecified atom stereocenters. The molecule has 60 valence electrons. The molecule has 1 saturated heterocycles. The Balaban J connectivity index is 2.46. The summed E-state index contributed by atoms with van der Waals surface area (Å²) < 4.78 is 10.9. The van der Waals surface area contributed by atoms with Gasteiger partial charge < -0.3 is 0 Å². The van der Waals surface area contributed by atoms with E-state index in [0.29, 0.717) is 20.4 Å². The van der Waals surface area contributed by atoms with Crippen molar-refractivity contribution in [1.29, 1.82) is 0 Å². The van der Waals surface area contributed by atoms with Crippen LogP contribution in [0.3, 0.4) is 0 Å². The number of rotatable bonds is 1. The fourth-order valence-electron chi connectivity index (χ4n) is 0.628. The van der Waals surface area contributed by atoms with Gasteiger partial charge in [0, 0.05) is 0 Å². The molecular weight excluding hydrogens is 234 g/mol. The van der Waals surface area contributed by atoms with Gasteiger partial charge in [0.05, 0.1) is 0 Å². The van der Waals surface area contributed by atoms with Gasteiger partial charge in [0.1, 0.15) is 0 Å². The fraction of sp³-hybridized carbons (Fsp3) is 1.00. The first kappa shape index (κ1) is 9.18. The SMILES string of the molecule is C[Se]P1(=S)OCC(C)CO1. The molecule has 0 radical (unpaired) electrons. The molecule has 1 aliphatic heterocycles. The Labute approximate surface area is 72.6 Å². The second kappa shape index (κ2) is 3.66. The molecule has 0 spiro atoms. The second-order valence-corrected chi connectivity index (χ2v) is 12.4. The molecule has 1 fully saturated rings. The third kappa shape index (κ3) is 2.30. The Morgan fingerprint density at radius 3 is 2.40 bits per heavy atom. The summed E-state index contributed by atoms with van der Waals surface area (Å²) in [6.07, 6.45) is 0. The van der Waals surface area contributed by atoms with Crippen molar-refractivity contribution in [2.24, 2.45) is 5.92 Å². The molecule has 1 rings (SSSR count). The van der Waals surface area contributed by atoms with Crippen molar-refractivity contribution in [1.82, 2.24) is 0 Å². The normalized spacial score (nSPS) is 41.6. The molecule has 0 aliphatic carbocycles. The van der Waals surface area contributed by atoms with E-state index in [1.54, 1.807) is 0 Å². The first-order valence-corrected chi connectivity index (χ1v) is 9.68. The number of hydrogen-bond acceptors (Lipinski definition) is 3. The van der Waals surface area contributed by atoms with Gasteiger partial charge in [-0.1, -0.05) is 0 Å². The Hall–Kier alpha value is 1.09. The molecule has 0 aromatic carbocycles. The summed E-state index contributed by atoms with van der Waals surface area (Å²) in [6, 6.07) is 0. The maximum absolute atomic E-state index is 5.46. The van der Waals surface area contributed by atoms with Crippen LogP contribution >= 0.6 is 5.18 Å². The van der Waals surface area contributed by atoms with Gasteiger partial charge in [-0.05, 0) is 0 Å². The van der Waals surface area contributed by atoms with Gasteiger partial charge >= 0.3 is 72.4 Å². The van der Waals surface area contributed by atoms with Crippen molar-refractivity contribution in [2.45, 2.75) is 12.7 Å². The molecule has 1 heterocycles. The van der Waals surface area contributed by atoms with E-state index in [1.807, 2.05) is 0 Å². The van der Waals surface area contributed by atoms with Gasteiger partial charge in [-0.2, -0.15) is 0 Å². The summed E-state index contributed by atoms with van der Waals surface area (Å²) in [5.41, 5.74) is 0. The molecule has 1 aliphatic rings. The molecule has 0 saturated carbocycles. The Morgan fingerprint density at radius 1 is 1.50 bits per heavy atom. The summed E-state index contributed by atoms with van der Waals surface area (Å²) in [7, 11) is 0. The van der Waals surface area contributed by atoms with Crippen molar-refractivity contribution in [3.05, 3.63) is 0 Å². The maximum atomic E-state index is 5.46. The Kier molecular flexibility index (Phi) is 3.36. The van der Waals surface area contributed by atoms with Crippen molar-refractivity contribution in [3.8, 4) is 0 Å². The molecule has 0 aromatic heterocycles. The Bertz CT molecular complexity index is 152. The van der Waals surface area contributed by atoms with Crippen LogP contribution in [0.5, 0.6) is 0 Å². The van der Waals surface area contributed by atoms with E-state index in [0.717, 1.165) is 13.2 Å². The molecule has 0 bridgehead atoms. The first-order chi connectivity index (χ1) is 4.66. The van der Waals surface area contributed by atoms with Gasteiger partial charge in [0.2, 0.25) is 0 Å². The molecular formula is C5H11O2PSSe. The van der Waals surface area contributed by atoms with E-state index >= 15 is 0 Å². The van der Waals surface area contributed by atoms with E-state index in [9.17, 15) is 0 Å². The first-order valence-electron chi connectivity index (χ1n) is 3.11. The van der Waals surface area contributed by atoms with E-state index in [4.69, 9.17) is 20.9 Å². The van der Waals surface area contributed by atoms with Gasteiger partial charge in [-0.15, -0.1) is 0 Å². The third-order valence-corrected chi connectivity index (χ3v) is 9.73. The van der Waals surface area contributed by atoms with Crippen LogP contribution < -0.4 is 0 Å². The molecule has 0 atom stereocenters. The van der Waals surface area contributed by atoms with E-state index < -0.39 is 5.18 Å². The van der Waals surface area contributed by atoms with Crippen molar-refractivity contribution < 1.29 is 9.05 Å². The number of hydrogen-bond donors (Lipinski definition) is 0. The van der Waals surface area contributed by atoms with Crippen molar-refractivity contribution in [2.75, 3.05) is 13.2 Å². The molecule has 2 nitrogen and oxygen atoms in total. The van der Waals surface area contributed by atoms with E-state index in [-0.39, 0.29) is 0 Å². The van der Waals surface area contributed by atoms with Gasteiger partial charge in [0.25, 0.3) is 0 Å². The van der Waals surface area contributed by atoms with Crippen LogP contribution in [0.2, 0.25) is 5.82 Å². The summed E-state index contributed by atoms with van der Waals surface area (Å²) in [4.78, 5) is 0. The summed E-state index contributed by atoms with van der Waals surface area (Å²) >= 11 is 5.55. The molecule has 0 N–H and O–H groups in total. The average Bonchev–Trinajstić information content (AvgIpc) is 1.96. The van der Waals surface area contributed by atoms with Crippen LogP contribution in [-0.4, -0.2) is 27.7 Å². The van der Waals surface area contributed by atoms with Crippen molar-refractivity contribution >= 4 is 31.5 Å². The minimum absolute atomic E-state index is 0.350. The standard InChI is InChI=1S/C5H11O2PSSe/c1-5-3-6-8(9,10-2)7-4-5/h5H,3-4H2,1-2H3. The predicted molar refractivity (Wildman–Crippen MR) is 47.0 cm³/mol. The Morgan fingerprint density at radius 2 is 2.00 bits per heavy atom. The zero-order valence-corrected chi connectivity index (χ0v) is 9.50. The summed E-state index contributed by atoms with van der Waals surface area (Å²) in [5.74, 6) is 2.61. The monoisotopic (exact) mass is 246 g/mol. The quantitative estimate of drug-likeness (QED) is 0.517. The molecule has 0 aromatic rings. The van der Waals surface area contributed by atoms with E-state index in [1.165, 1.54) is 0 Å². The average molecular weight is 245 g/mol. The van der Waals surface area contributed by atoms with Crippen molar-refractivity contribution in [3.63, 3.8) is 0 Å². The fourth-order valence-corrected chi connectivity index (χ4v) is 4.25. The minimum atomic E-state index is -1.74. The van der Waals surface area contributed by atoms with Crippen LogP contribution in [0.15, 0.2) is 0 Å². The zero-order valence-electron chi connectivity index (χ0n) is 6.07. The third-order valence-electron chi connectivity index (χ3n) is 1.26. The molecule has 0 amide bonds. The van der Waals surface area contributed by atoms with Crippen LogP contribution in [0.1, 0.15) is 6.92 Å². The van der Waals surface area contributed by atoms with Crippen LogP contribution in [0, 0.1) is 5.92 Å². The van der Waals surface area contributed by atoms with Crippen LogP contribution in [0.25, 0.3) is 0 Å². The van der Waals surface area contributed by atoms with Gasteiger partial charge in [-0.3, -0.25) is 0 Å². The zero-order chi connectivity index (χ0) is 7.61. The van der Waals surface area contributed by atoms with Gasteiger partial charge in [-0.25, -0.2) is 0 Å². The summed E-state index contributed by atoms with van der Waals surface area (Å²) in [6.45, 7) is 3.71. The summed E-state index contributed by atoms with van der Waals surface area (Å²) in [5, 5.41) is -1.74. The van der Waals surface area contributed by atoms with E-state index in [2.05, 4.69) is 12.7 Å². The van der Waals surface area contributed by atoms with Crippen LogP contribution in [0.4, 0.5) is 0 Å². The topological polar surface area (TPSA) is 18.5 Å². The second-order valence-electron chi connectivity index (χ2n) is 2.33. The molecule has 10 heavy (non-hydrogen) atoms. The van der Waals surface area contributed by atoms with Crippen LogP contribution in [-0.2, 0) is 20.9 Å². The van der Waals surface area contributed by atoms with Gasteiger partial charge in [0.15, 0.2) is 0 Å².